The molecule has 29 heavy (non-hydrogen) atoms. The van der Waals surface area contributed by atoms with Gasteiger partial charge in [0.25, 0.3) is 11.8 Å². The van der Waals surface area contributed by atoms with Crippen LogP contribution in [0.5, 0.6) is 5.75 Å². The van der Waals surface area contributed by atoms with Gasteiger partial charge >= 0.3 is 5.97 Å². The molecule has 0 aliphatic carbocycles. The van der Waals surface area contributed by atoms with E-state index in [1.807, 2.05) is 31.2 Å². The summed E-state index contributed by atoms with van der Waals surface area (Å²) in [4.78, 5) is 37.7. The lowest BCUT2D eigenvalue weighted by Crippen LogP contribution is -2.31. The molecule has 6 nitrogen and oxygen atoms in total. The highest BCUT2D eigenvalue weighted by molar-refractivity contribution is 6.21. The zero-order chi connectivity index (χ0) is 20.6. The van der Waals surface area contributed by atoms with Crippen LogP contribution in [-0.4, -0.2) is 42.4 Å². The molecule has 2 amide bonds. The van der Waals surface area contributed by atoms with E-state index in [9.17, 15) is 14.4 Å². The number of esters is 1. The maximum atomic E-state index is 12.3. The van der Waals surface area contributed by atoms with Crippen molar-refractivity contribution in [3.05, 3.63) is 71.3 Å². The van der Waals surface area contributed by atoms with Crippen molar-refractivity contribution < 1.29 is 23.9 Å². The van der Waals surface area contributed by atoms with Crippen molar-refractivity contribution in [2.24, 2.45) is 0 Å². The number of amides is 2. The highest BCUT2D eigenvalue weighted by atomic mass is 16.5. The van der Waals surface area contributed by atoms with E-state index in [4.69, 9.17) is 9.47 Å². The molecule has 0 atom stereocenters. The van der Waals surface area contributed by atoms with Gasteiger partial charge in [0.2, 0.25) is 0 Å². The van der Waals surface area contributed by atoms with Gasteiger partial charge in [-0.25, -0.2) is 4.79 Å². The van der Waals surface area contributed by atoms with Crippen molar-refractivity contribution in [3.63, 3.8) is 0 Å². The second-order valence-electron chi connectivity index (χ2n) is 6.55. The van der Waals surface area contributed by atoms with Crippen LogP contribution in [0.1, 0.15) is 46.0 Å². The largest absolute Gasteiger partial charge is 0.493 e. The molecule has 6 heteroatoms. The molecule has 0 unspecified atom stereocenters. The first kappa shape index (κ1) is 20.3. The van der Waals surface area contributed by atoms with Crippen LogP contribution < -0.4 is 4.74 Å². The third kappa shape index (κ3) is 4.90. The summed E-state index contributed by atoms with van der Waals surface area (Å²) < 4.78 is 10.8. The van der Waals surface area contributed by atoms with Gasteiger partial charge in [0.1, 0.15) is 5.75 Å². The predicted octanol–water partition coefficient (Wildman–Crippen LogP) is 3.72. The van der Waals surface area contributed by atoms with Gasteiger partial charge < -0.3 is 9.47 Å². The summed E-state index contributed by atoms with van der Waals surface area (Å²) in [6, 6.07) is 14.2. The van der Waals surface area contributed by atoms with E-state index in [2.05, 4.69) is 0 Å². The molecule has 0 aromatic heterocycles. The Morgan fingerprint density at radius 3 is 2.31 bits per heavy atom. The van der Waals surface area contributed by atoms with Crippen molar-refractivity contribution in [1.29, 1.82) is 0 Å². The minimum Gasteiger partial charge on any atom is -0.493 e. The number of para-hydroxylation sites is 1. The Hall–Kier alpha value is -3.41. The number of carbonyl (C=O) groups is 3. The molecule has 1 aliphatic rings. The van der Waals surface area contributed by atoms with Crippen LogP contribution >= 0.6 is 0 Å². The highest BCUT2D eigenvalue weighted by Gasteiger charge is 2.34. The molecule has 0 fully saturated rings. The zero-order valence-corrected chi connectivity index (χ0v) is 16.3. The second-order valence-corrected chi connectivity index (χ2v) is 6.55. The number of ether oxygens (including phenoxy) is 2. The molecule has 0 saturated carbocycles. The van der Waals surface area contributed by atoms with Gasteiger partial charge in [-0.2, -0.15) is 0 Å². The van der Waals surface area contributed by atoms with Crippen LogP contribution in [0.3, 0.4) is 0 Å². The molecule has 3 rings (SSSR count). The van der Waals surface area contributed by atoms with Crippen molar-refractivity contribution in [1.82, 2.24) is 4.90 Å². The van der Waals surface area contributed by atoms with Crippen molar-refractivity contribution in [2.45, 2.75) is 19.8 Å². The van der Waals surface area contributed by atoms with Crippen LogP contribution in [-0.2, 0) is 9.53 Å². The number of imide groups is 1. The van der Waals surface area contributed by atoms with Gasteiger partial charge in [-0.3, -0.25) is 14.5 Å². The van der Waals surface area contributed by atoms with Crippen molar-refractivity contribution >= 4 is 23.9 Å². The monoisotopic (exact) mass is 393 g/mol. The molecule has 0 saturated heterocycles. The van der Waals surface area contributed by atoms with Gasteiger partial charge in [0.15, 0.2) is 0 Å². The number of carbonyl (C=O) groups excluding carboxylic acids is 3. The fraction of sp³-hybridized carbons (Fsp3) is 0.261. The average Bonchev–Trinajstić information content (AvgIpc) is 2.99. The molecule has 150 valence electrons. The first-order chi connectivity index (χ1) is 14.1. The van der Waals surface area contributed by atoms with Crippen LogP contribution in [0.2, 0.25) is 0 Å². The number of benzene rings is 2. The standard InChI is InChI=1S/C23H23NO5/c1-2-15-28-20-11-6-3-8-17(20)12-13-21(25)29-16-7-14-24-22(26)18-9-4-5-10-19(18)23(24)27/h3-6,8-13H,2,7,14-16H2,1H3/b13-12+. The van der Waals surface area contributed by atoms with E-state index in [1.54, 1.807) is 30.3 Å². The minimum absolute atomic E-state index is 0.116. The molecule has 0 spiro atoms. The molecular formula is C23H23NO5. The Bertz CT molecular complexity index is 899. The van der Waals surface area contributed by atoms with Crippen LogP contribution in [0.4, 0.5) is 0 Å². The molecule has 0 bridgehead atoms. The topological polar surface area (TPSA) is 72.9 Å². The van der Waals surface area contributed by atoms with E-state index >= 15 is 0 Å². The van der Waals surface area contributed by atoms with Crippen LogP contribution in [0, 0.1) is 0 Å². The molecule has 2 aromatic rings. The maximum Gasteiger partial charge on any atom is 0.330 e. The first-order valence-electron chi connectivity index (χ1n) is 9.63. The Balaban J connectivity index is 1.46. The third-order valence-corrected chi connectivity index (χ3v) is 4.43. The summed E-state index contributed by atoms with van der Waals surface area (Å²) in [6.07, 6.45) is 4.27. The lowest BCUT2D eigenvalue weighted by molar-refractivity contribution is -0.137. The number of hydrogen-bond donors (Lipinski definition) is 0. The maximum absolute atomic E-state index is 12.3. The number of nitrogens with zero attached hydrogens (tertiary/aromatic N) is 1. The fourth-order valence-corrected chi connectivity index (χ4v) is 3.01. The highest BCUT2D eigenvalue weighted by Crippen LogP contribution is 2.22. The average molecular weight is 393 g/mol. The Morgan fingerprint density at radius 1 is 0.966 bits per heavy atom. The molecular weight excluding hydrogens is 370 g/mol. The van der Waals surface area contributed by atoms with Crippen molar-refractivity contribution in [2.75, 3.05) is 19.8 Å². The minimum atomic E-state index is -0.488. The smallest absolute Gasteiger partial charge is 0.330 e. The van der Waals surface area contributed by atoms with E-state index in [0.717, 1.165) is 12.0 Å². The summed E-state index contributed by atoms with van der Waals surface area (Å²) in [5.41, 5.74) is 1.63. The van der Waals surface area contributed by atoms with E-state index in [1.165, 1.54) is 11.0 Å². The second kappa shape index (κ2) is 9.68. The number of hydrogen-bond acceptors (Lipinski definition) is 5. The van der Waals surface area contributed by atoms with Gasteiger partial charge in [0, 0.05) is 18.2 Å². The summed E-state index contributed by atoms with van der Waals surface area (Å²) in [5.74, 6) is -0.386. The van der Waals surface area contributed by atoms with Crippen LogP contribution in [0.25, 0.3) is 6.08 Å². The summed E-state index contributed by atoms with van der Waals surface area (Å²) in [6.45, 7) is 2.95. The van der Waals surface area contributed by atoms with Crippen LogP contribution in [0.15, 0.2) is 54.6 Å². The van der Waals surface area contributed by atoms with Gasteiger partial charge in [-0.1, -0.05) is 37.3 Å². The zero-order valence-electron chi connectivity index (χ0n) is 16.3. The summed E-state index contributed by atoms with van der Waals surface area (Å²) in [7, 11) is 0. The van der Waals surface area contributed by atoms with E-state index in [0.29, 0.717) is 29.9 Å². The fourth-order valence-electron chi connectivity index (χ4n) is 3.01. The predicted molar refractivity (Wildman–Crippen MR) is 109 cm³/mol. The molecule has 0 N–H and O–H groups in total. The lowest BCUT2D eigenvalue weighted by Gasteiger charge is -2.13. The van der Waals surface area contributed by atoms with Crippen molar-refractivity contribution in [3.8, 4) is 5.75 Å². The Labute approximate surface area is 169 Å². The number of rotatable bonds is 9. The third-order valence-electron chi connectivity index (χ3n) is 4.43. The quantitative estimate of drug-likeness (QED) is 0.281. The van der Waals surface area contributed by atoms with E-state index in [-0.39, 0.29) is 25.0 Å². The molecule has 2 aromatic carbocycles. The molecule has 1 aliphatic heterocycles. The molecule has 1 heterocycles. The molecule has 0 radical (unpaired) electrons. The summed E-state index contributed by atoms with van der Waals surface area (Å²) in [5, 5.41) is 0. The lowest BCUT2D eigenvalue weighted by atomic mass is 10.1. The first-order valence-corrected chi connectivity index (χ1v) is 9.63. The Kier molecular flexibility index (Phi) is 6.79. The van der Waals surface area contributed by atoms with Gasteiger partial charge in [-0.15, -0.1) is 0 Å². The summed E-state index contributed by atoms with van der Waals surface area (Å²) >= 11 is 0. The number of fused-ring (bicyclic) bond motifs is 1. The normalized spacial score (nSPS) is 13.1. The van der Waals surface area contributed by atoms with E-state index < -0.39 is 5.97 Å². The van der Waals surface area contributed by atoms with Gasteiger partial charge in [0.05, 0.1) is 24.3 Å². The Morgan fingerprint density at radius 2 is 1.62 bits per heavy atom. The SMILES string of the molecule is CCCOc1ccccc1/C=C/C(=O)OCCCN1C(=O)c2ccccc2C1=O. The van der Waals surface area contributed by atoms with Gasteiger partial charge in [-0.05, 0) is 37.1 Å².